The van der Waals surface area contributed by atoms with Gasteiger partial charge in [0.1, 0.15) is 96.1 Å². The van der Waals surface area contributed by atoms with Gasteiger partial charge in [-0.05, 0) is 105 Å². The minimum atomic E-state index is -2.02. The quantitative estimate of drug-likeness (QED) is 0.0233. The molecule has 0 aliphatic rings. The van der Waals surface area contributed by atoms with Gasteiger partial charge in [-0.25, -0.2) is 9.78 Å². The molecule has 3 rings (SSSR count). The van der Waals surface area contributed by atoms with Crippen LogP contribution in [0.4, 0.5) is 0 Å². The van der Waals surface area contributed by atoms with E-state index in [2.05, 4.69) is 84.4 Å². The summed E-state index contributed by atoms with van der Waals surface area (Å²) in [5.74, 6) is -21.2. The second-order valence-electron chi connectivity index (χ2n) is 29.4. The van der Waals surface area contributed by atoms with E-state index in [1.165, 1.54) is 61.1 Å². The maximum Gasteiger partial charge on any atom is 0.326 e. The molecule has 0 aliphatic heterocycles. The number of hydrogen-bond acceptors (Lipinski definition) is 27. The van der Waals surface area contributed by atoms with Crippen LogP contribution in [0.25, 0.3) is 0 Å². The molecule has 2 aromatic carbocycles. The Morgan fingerprint density at radius 3 is 1.13 bits per heavy atom. The fraction of sp³-hybridized carbons (Fsp3) is 0.568. The number of carboxylic acid groups (broad SMARTS) is 1. The molecule has 16 amide bonds. The van der Waals surface area contributed by atoms with Crippen LogP contribution >= 0.6 is 0 Å². The highest BCUT2D eigenvalue weighted by Gasteiger charge is 2.39. The Balaban J connectivity index is 1.82. The van der Waals surface area contributed by atoms with Crippen molar-refractivity contribution in [2.24, 2.45) is 40.7 Å². The molecule has 0 aliphatic carbocycles. The predicted molar refractivity (Wildman–Crippen MR) is 419 cm³/mol. The SMILES string of the molecule is CC(C)C[C@H](NC(=O)[C@H](Cc1ccc(O)cc1)NC(=O)[C@@H](NC(=O)[C@H](CC(N)=O)NC(=O)CNC(=O)[C@H](CC(N)=O)NC(=O)[C@H](CO)NC(=O)[C@H](Cc1cnc[nH]1)NC(=O)[C@H](CC(C)C)NC(=O)[C@H](CC(C)C)NC(=O)[C@H](CO)NC(=O)[C@H](CCCCN)NC(=O)[C@H](CO)NC(=O)[C@@H](N)CO)[C@@H](C)O)C(=O)N[C@@H](Cc1ccc(O)cc1)C(=O)O. The van der Waals surface area contributed by atoms with Crippen LogP contribution in [-0.2, 0) is 101 Å². The molecule has 660 valence electrons. The zero-order valence-corrected chi connectivity index (χ0v) is 67.0. The van der Waals surface area contributed by atoms with Crippen molar-refractivity contribution >= 4 is 100 Å². The Morgan fingerprint density at radius 1 is 0.403 bits per heavy atom. The number of H-pyrrole nitrogens is 1. The Morgan fingerprint density at radius 2 is 0.748 bits per heavy atom. The monoisotopic (exact) mass is 1680 g/mol. The van der Waals surface area contributed by atoms with E-state index in [4.69, 9.17) is 22.9 Å². The van der Waals surface area contributed by atoms with Crippen molar-refractivity contribution in [1.29, 1.82) is 0 Å². The molecule has 0 fully saturated rings. The first-order valence-corrected chi connectivity index (χ1v) is 38.1. The van der Waals surface area contributed by atoms with Crippen molar-refractivity contribution in [2.45, 2.75) is 210 Å². The molecule has 0 saturated heterocycles. The first kappa shape index (κ1) is 101. The molecular formula is C74H114N20O25. The molecule has 1 heterocycles. The van der Waals surface area contributed by atoms with Gasteiger partial charge in [0.2, 0.25) is 94.5 Å². The minimum Gasteiger partial charge on any atom is -0.508 e. The number of aromatic hydroxyl groups is 2. The van der Waals surface area contributed by atoms with Crippen LogP contribution in [0.3, 0.4) is 0 Å². The summed E-state index contributed by atoms with van der Waals surface area (Å²) in [6.07, 6.45) is -2.19. The number of aliphatic hydroxyl groups is 5. The first-order chi connectivity index (χ1) is 56.0. The number of rotatable bonds is 54. The summed E-state index contributed by atoms with van der Waals surface area (Å²) in [6, 6.07) is -12.9. The van der Waals surface area contributed by atoms with Crippen LogP contribution in [0.1, 0.15) is 117 Å². The fourth-order valence-corrected chi connectivity index (χ4v) is 11.5. The summed E-state index contributed by atoms with van der Waals surface area (Å²) < 4.78 is 0. The van der Waals surface area contributed by atoms with Gasteiger partial charge >= 0.3 is 5.97 Å². The van der Waals surface area contributed by atoms with Gasteiger partial charge in [0.15, 0.2) is 0 Å². The van der Waals surface area contributed by atoms with Gasteiger partial charge in [-0.2, -0.15) is 0 Å². The third kappa shape index (κ3) is 36.6. The van der Waals surface area contributed by atoms with Crippen molar-refractivity contribution in [3.63, 3.8) is 0 Å². The second-order valence-corrected chi connectivity index (χ2v) is 29.4. The lowest BCUT2D eigenvalue weighted by Crippen LogP contribution is -2.62. The standard InChI is InChI=1S/C74H114N20O25/c1-35(2)20-46(84-64(108)47(21-36(3)4)86-71(115)55(32-97)92-63(107)45(10-8-9-19-75)83-70(114)54(31-96)91-61(105)44(76)30-95)65(109)87-50(25-41-28-79-34-81-41)68(112)93-56(33-98)72(116)88-51(26-57(77)102)62(106)80-29-59(104)82-52(27-58(78)103)69(113)94-60(38(7)99)73(117)89-49(23-39-11-15-42(100)16-12-39)67(111)85-48(22-37(5)6)66(110)90-53(74(118)119)24-40-13-17-43(101)18-14-40/h11-18,28,34-38,44-56,60,95-101H,8-10,19-27,29-33,75-76H2,1-7H3,(H2,77,102)(H2,78,103)(H,79,81)(H,80,106)(H,82,104)(H,83,114)(H,84,108)(H,85,111)(H,86,115)(H,87,109)(H,88,116)(H,89,117)(H,90,110)(H,91,105)(H,92,107)(H,93,112)(H,94,113)(H,118,119)/t38-,44+,45+,46+,47+,48+,49+,50+,51+,52+,53+,54+,55+,56+,60+/m1/s1. The Bertz CT molecular complexity index is 3910. The van der Waals surface area contributed by atoms with Crippen molar-refractivity contribution in [1.82, 2.24) is 84.4 Å². The van der Waals surface area contributed by atoms with Crippen molar-refractivity contribution in [3.8, 4) is 11.5 Å². The van der Waals surface area contributed by atoms with Crippen LogP contribution in [-0.4, -0.2) is 282 Å². The lowest BCUT2D eigenvalue weighted by atomic mass is 9.99. The number of unbranched alkanes of at least 4 members (excludes halogenated alkanes) is 1. The van der Waals surface area contributed by atoms with E-state index in [0.29, 0.717) is 17.5 Å². The summed E-state index contributed by atoms with van der Waals surface area (Å²) in [5, 5.41) is 113. The molecule has 3 aromatic rings. The zero-order valence-electron chi connectivity index (χ0n) is 67.0. The molecular weight excluding hydrogens is 1570 g/mol. The zero-order chi connectivity index (χ0) is 89.5. The Hall–Kier alpha value is -12.0. The number of nitrogens with one attached hydrogen (secondary N) is 15. The molecule has 45 heteroatoms. The van der Waals surface area contributed by atoms with Crippen molar-refractivity contribution in [3.05, 3.63) is 77.9 Å². The van der Waals surface area contributed by atoms with E-state index in [1.54, 1.807) is 41.5 Å². The number of aromatic nitrogens is 2. The summed E-state index contributed by atoms with van der Waals surface area (Å²) in [4.78, 5) is 238. The van der Waals surface area contributed by atoms with Crippen LogP contribution in [0.2, 0.25) is 0 Å². The van der Waals surface area contributed by atoms with Crippen molar-refractivity contribution < 1.29 is 122 Å². The van der Waals surface area contributed by atoms with E-state index in [1.807, 2.05) is 0 Å². The topological polar surface area (TPSA) is 753 Å². The largest absolute Gasteiger partial charge is 0.508 e. The molecule has 119 heavy (non-hydrogen) atoms. The number of aromatic amines is 1. The number of aliphatic hydroxyl groups excluding tert-OH is 5. The van der Waals surface area contributed by atoms with Crippen LogP contribution < -0.4 is 97.4 Å². The molecule has 0 spiro atoms. The summed E-state index contributed by atoms with van der Waals surface area (Å²) in [6.45, 7) is 6.14. The lowest BCUT2D eigenvalue weighted by Gasteiger charge is -2.28. The normalized spacial score (nSPS) is 15.0. The highest BCUT2D eigenvalue weighted by atomic mass is 16.4. The fourth-order valence-electron chi connectivity index (χ4n) is 11.5. The molecule has 0 bridgehead atoms. The van der Waals surface area contributed by atoms with E-state index in [9.17, 15) is 122 Å². The molecule has 0 radical (unpaired) electrons. The molecule has 0 unspecified atom stereocenters. The highest BCUT2D eigenvalue weighted by molar-refractivity contribution is 6.01. The molecule has 0 saturated carbocycles. The smallest absolute Gasteiger partial charge is 0.326 e. The maximum absolute atomic E-state index is 14.4. The summed E-state index contributed by atoms with van der Waals surface area (Å²) in [5.41, 5.74) is 23.0. The number of phenols is 2. The highest BCUT2D eigenvalue weighted by Crippen LogP contribution is 2.17. The third-order valence-electron chi connectivity index (χ3n) is 17.8. The Labute approximate surface area is 684 Å². The van der Waals surface area contributed by atoms with Gasteiger partial charge in [0.25, 0.3) is 0 Å². The molecule has 15 atom stereocenters. The molecule has 31 N–H and O–H groups in total. The van der Waals surface area contributed by atoms with Gasteiger partial charge in [-0.3, -0.25) is 76.7 Å². The van der Waals surface area contributed by atoms with Crippen LogP contribution in [0, 0.1) is 17.8 Å². The Kier molecular flexibility index (Phi) is 43.5. The number of primary amides is 2. The van der Waals surface area contributed by atoms with Gasteiger partial charge < -0.3 is 143 Å². The van der Waals surface area contributed by atoms with Crippen LogP contribution in [0.5, 0.6) is 11.5 Å². The number of nitrogens with zero attached hydrogens (tertiary/aromatic N) is 1. The number of hydrogen-bond donors (Lipinski definition) is 27. The van der Waals surface area contributed by atoms with Crippen molar-refractivity contribution in [2.75, 3.05) is 39.5 Å². The number of benzene rings is 2. The van der Waals surface area contributed by atoms with E-state index in [-0.39, 0.29) is 86.4 Å². The second kappa shape index (κ2) is 51.2. The number of imidazole rings is 1. The number of nitrogens with two attached hydrogens (primary N) is 4. The molecule has 1 aromatic heterocycles. The number of carbonyl (C=O) groups excluding carboxylic acids is 16. The average Bonchev–Trinajstić information content (AvgIpc) is 1.35. The molecule has 45 nitrogen and oxygen atoms in total. The number of amides is 16. The maximum atomic E-state index is 14.4. The number of carbonyl (C=O) groups is 17. The minimum absolute atomic E-state index is 0.0685. The number of carboxylic acids is 1. The van der Waals surface area contributed by atoms with Gasteiger partial charge in [0.05, 0.1) is 58.2 Å². The summed E-state index contributed by atoms with van der Waals surface area (Å²) in [7, 11) is 0. The van der Waals surface area contributed by atoms with Gasteiger partial charge in [0, 0.05) is 31.2 Å². The first-order valence-electron chi connectivity index (χ1n) is 38.1. The number of phenolic OH excluding ortho intramolecular Hbond substituents is 2. The van der Waals surface area contributed by atoms with Gasteiger partial charge in [-0.1, -0.05) is 65.8 Å². The summed E-state index contributed by atoms with van der Waals surface area (Å²) >= 11 is 0. The van der Waals surface area contributed by atoms with E-state index >= 15 is 0 Å². The van der Waals surface area contributed by atoms with E-state index < -0.39 is 243 Å². The third-order valence-corrected chi connectivity index (χ3v) is 17.8. The van der Waals surface area contributed by atoms with Crippen LogP contribution in [0.15, 0.2) is 61.1 Å². The lowest BCUT2D eigenvalue weighted by molar-refractivity contribution is -0.142. The van der Waals surface area contributed by atoms with E-state index in [0.717, 1.165) is 6.92 Å². The average molecular weight is 1680 g/mol. The number of aliphatic carboxylic acids is 1. The van der Waals surface area contributed by atoms with Gasteiger partial charge in [-0.15, -0.1) is 0 Å². The predicted octanol–water partition coefficient (Wildman–Crippen LogP) is -9.95.